The fourth-order valence-electron chi connectivity index (χ4n) is 2.53. The summed E-state index contributed by atoms with van der Waals surface area (Å²) in [5, 5.41) is 26.1. The van der Waals surface area contributed by atoms with Gasteiger partial charge in [-0.25, -0.2) is 4.79 Å². The van der Waals surface area contributed by atoms with E-state index in [9.17, 15) is 29.4 Å². The van der Waals surface area contributed by atoms with E-state index in [-0.39, 0.29) is 30.6 Å². The molecule has 0 saturated heterocycles. The van der Waals surface area contributed by atoms with E-state index in [2.05, 4.69) is 33.6 Å². The second kappa shape index (κ2) is 15.3. The first-order valence-electron chi connectivity index (χ1n) is 10.1. The summed E-state index contributed by atoms with van der Waals surface area (Å²) >= 11 is 3.90. The van der Waals surface area contributed by atoms with E-state index in [1.165, 1.54) is 0 Å². The number of aliphatic hydroxyl groups is 1. The van der Waals surface area contributed by atoms with Gasteiger partial charge in [-0.2, -0.15) is 12.6 Å². The van der Waals surface area contributed by atoms with Gasteiger partial charge in [0.25, 0.3) is 0 Å². The number of nitrogens with one attached hydrogen (secondary N) is 3. The highest BCUT2D eigenvalue weighted by Gasteiger charge is 2.32. The van der Waals surface area contributed by atoms with Gasteiger partial charge in [-0.3, -0.25) is 19.4 Å². The fourth-order valence-corrected chi connectivity index (χ4v) is 2.70. The van der Waals surface area contributed by atoms with E-state index in [1.54, 1.807) is 13.8 Å². The molecule has 13 nitrogen and oxygen atoms in total. The number of guanidine groups is 1. The van der Waals surface area contributed by atoms with Crippen molar-refractivity contribution in [2.45, 2.75) is 57.3 Å². The van der Waals surface area contributed by atoms with Gasteiger partial charge in [0.15, 0.2) is 5.96 Å². The minimum Gasteiger partial charge on any atom is -0.480 e. The number of carbonyl (C=O) groups excluding carboxylic acids is 3. The van der Waals surface area contributed by atoms with Crippen LogP contribution in [0.25, 0.3) is 0 Å². The van der Waals surface area contributed by atoms with Gasteiger partial charge in [0.2, 0.25) is 17.7 Å². The average molecular weight is 478 g/mol. The number of nitrogens with two attached hydrogens (primary N) is 3. The maximum Gasteiger partial charge on any atom is 0.326 e. The quantitative estimate of drug-likeness (QED) is 0.0501. The Morgan fingerprint density at radius 3 is 2.09 bits per heavy atom. The summed E-state index contributed by atoms with van der Waals surface area (Å²) in [5.74, 6) is -3.93. The molecule has 32 heavy (non-hydrogen) atoms. The first kappa shape index (κ1) is 29.4. The Morgan fingerprint density at radius 1 is 1.03 bits per heavy atom. The minimum atomic E-state index is -1.34. The normalized spacial score (nSPS) is 15.4. The molecule has 0 fully saturated rings. The van der Waals surface area contributed by atoms with E-state index >= 15 is 0 Å². The maximum absolute atomic E-state index is 12.8. The maximum atomic E-state index is 12.8. The largest absolute Gasteiger partial charge is 0.480 e. The smallest absolute Gasteiger partial charge is 0.326 e. The number of carbonyl (C=O) groups is 4. The van der Waals surface area contributed by atoms with Crippen molar-refractivity contribution < 1.29 is 29.4 Å². The topological polar surface area (TPSA) is 235 Å². The summed E-state index contributed by atoms with van der Waals surface area (Å²) in [6.07, 6.45) is 0.858. The number of aliphatic carboxylic acids is 1. The number of rotatable bonds is 15. The zero-order valence-electron chi connectivity index (χ0n) is 18.3. The van der Waals surface area contributed by atoms with Crippen molar-refractivity contribution in [1.82, 2.24) is 16.0 Å². The van der Waals surface area contributed by atoms with Crippen LogP contribution in [0.3, 0.4) is 0 Å². The molecular formula is C18H35N7O6S. The van der Waals surface area contributed by atoms with Crippen molar-refractivity contribution in [3.05, 3.63) is 0 Å². The van der Waals surface area contributed by atoms with Crippen molar-refractivity contribution >= 4 is 42.3 Å². The second-order valence-corrected chi connectivity index (χ2v) is 7.62. The number of aliphatic hydroxyl groups excluding tert-OH is 1. The zero-order valence-corrected chi connectivity index (χ0v) is 19.2. The number of thiol groups is 1. The number of nitrogens with zero attached hydrogens (tertiary/aromatic N) is 1. The van der Waals surface area contributed by atoms with Gasteiger partial charge >= 0.3 is 5.97 Å². The number of hydrogen-bond acceptors (Lipinski definition) is 8. The van der Waals surface area contributed by atoms with Crippen molar-refractivity contribution in [3.63, 3.8) is 0 Å². The number of carboxylic acid groups (broad SMARTS) is 1. The van der Waals surface area contributed by atoms with Crippen LogP contribution < -0.4 is 33.2 Å². The SMILES string of the molecule is CCC(C)C(NC(=O)C(CO)NC(=O)C(N)CS)C(=O)NC(CCCN=C(N)N)C(=O)O. The highest BCUT2D eigenvalue weighted by Crippen LogP contribution is 2.10. The predicted molar refractivity (Wildman–Crippen MR) is 122 cm³/mol. The molecule has 0 aromatic rings. The molecule has 0 heterocycles. The number of amides is 3. The lowest BCUT2D eigenvalue weighted by Gasteiger charge is -2.27. The van der Waals surface area contributed by atoms with Crippen molar-refractivity contribution in [2.75, 3.05) is 18.9 Å². The minimum absolute atomic E-state index is 0.0310. The van der Waals surface area contributed by atoms with Crippen LogP contribution in [0.2, 0.25) is 0 Å². The molecule has 0 radical (unpaired) electrons. The molecular weight excluding hydrogens is 442 g/mol. The van der Waals surface area contributed by atoms with E-state index in [0.717, 1.165) is 0 Å². The summed E-state index contributed by atoms with van der Waals surface area (Å²) in [6.45, 7) is 2.95. The standard InChI is InChI=1S/C18H35N7O6S/c1-3-9(2)13(25-15(28)12(7-26)24-14(27)10(19)8-32)16(29)23-11(17(30)31)5-4-6-22-18(20)21/h9-13,26,32H,3-8,19H2,1-2H3,(H,23,29)(H,24,27)(H,25,28)(H,30,31)(H4,20,21,22). The Kier molecular flexibility index (Phi) is 14.0. The van der Waals surface area contributed by atoms with Crippen molar-refractivity contribution in [3.8, 4) is 0 Å². The van der Waals surface area contributed by atoms with Gasteiger partial charge in [0, 0.05) is 12.3 Å². The van der Waals surface area contributed by atoms with E-state index in [1.807, 2.05) is 0 Å². The van der Waals surface area contributed by atoms with Gasteiger partial charge in [0.05, 0.1) is 12.6 Å². The van der Waals surface area contributed by atoms with Gasteiger partial charge in [-0.1, -0.05) is 20.3 Å². The Bertz CT molecular complexity index is 674. The summed E-state index contributed by atoms with van der Waals surface area (Å²) in [5.41, 5.74) is 16.0. The van der Waals surface area contributed by atoms with Gasteiger partial charge in [-0.05, 0) is 18.8 Å². The summed E-state index contributed by atoms with van der Waals surface area (Å²) in [7, 11) is 0. The van der Waals surface area contributed by atoms with Crippen LogP contribution in [-0.4, -0.2) is 82.9 Å². The molecule has 0 aliphatic carbocycles. The number of hydrogen-bond donors (Lipinski definition) is 9. The average Bonchev–Trinajstić information content (AvgIpc) is 2.75. The van der Waals surface area contributed by atoms with Crippen LogP contribution in [0.5, 0.6) is 0 Å². The molecule has 0 aromatic heterocycles. The van der Waals surface area contributed by atoms with E-state index in [0.29, 0.717) is 12.8 Å². The van der Waals surface area contributed by atoms with Gasteiger partial charge in [0.1, 0.15) is 18.1 Å². The van der Waals surface area contributed by atoms with E-state index < -0.39 is 54.5 Å². The van der Waals surface area contributed by atoms with Crippen molar-refractivity contribution in [2.24, 2.45) is 28.1 Å². The lowest BCUT2D eigenvalue weighted by atomic mass is 9.97. The van der Waals surface area contributed by atoms with Gasteiger partial charge in [-0.15, -0.1) is 0 Å². The molecule has 11 N–H and O–H groups in total. The highest BCUT2D eigenvalue weighted by atomic mass is 32.1. The Labute approximate surface area is 192 Å². The molecule has 0 bridgehead atoms. The summed E-state index contributed by atoms with van der Waals surface area (Å²) in [4.78, 5) is 52.5. The van der Waals surface area contributed by atoms with Gasteiger partial charge < -0.3 is 43.4 Å². The fraction of sp³-hybridized carbons (Fsp3) is 0.722. The Hall–Kier alpha value is -2.58. The zero-order chi connectivity index (χ0) is 24.8. The Morgan fingerprint density at radius 2 is 1.62 bits per heavy atom. The lowest BCUT2D eigenvalue weighted by Crippen LogP contribution is -2.59. The van der Waals surface area contributed by atoms with Crippen LogP contribution in [0.1, 0.15) is 33.1 Å². The van der Waals surface area contributed by atoms with Crippen LogP contribution in [0.15, 0.2) is 4.99 Å². The number of carboxylic acids is 1. The molecule has 0 aliphatic rings. The lowest BCUT2D eigenvalue weighted by molar-refractivity contribution is -0.143. The molecule has 184 valence electrons. The molecule has 0 aliphatic heterocycles. The van der Waals surface area contributed by atoms with Crippen molar-refractivity contribution in [1.29, 1.82) is 0 Å². The van der Waals surface area contributed by atoms with Crippen LogP contribution in [0.4, 0.5) is 0 Å². The predicted octanol–water partition coefficient (Wildman–Crippen LogP) is -3.13. The molecule has 0 aromatic carbocycles. The summed E-state index contributed by atoms with van der Waals surface area (Å²) < 4.78 is 0. The van der Waals surface area contributed by atoms with E-state index in [4.69, 9.17) is 17.2 Å². The first-order valence-corrected chi connectivity index (χ1v) is 10.8. The molecule has 0 saturated carbocycles. The third kappa shape index (κ3) is 10.6. The van der Waals surface area contributed by atoms with Crippen LogP contribution in [0, 0.1) is 5.92 Å². The molecule has 5 unspecified atom stereocenters. The highest BCUT2D eigenvalue weighted by molar-refractivity contribution is 7.80. The second-order valence-electron chi connectivity index (χ2n) is 7.25. The third-order valence-corrected chi connectivity index (χ3v) is 5.10. The molecule has 0 rings (SSSR count). The first-order chi connectivity index (χ1) is 15.0. The monoisotopic (exact) mass is 477 g/mol. The molecule has 0 spiro atoms. The van der Waals surface area contributed by atoms with Crippen LogP contribution >= 0.6 is 12.6 Å². The summed E-state index contributed by atoms with van der Waals surface area (Å²) in [6, 6.07) is -4.65. The molecule has 14 heteroatoms. The molecule has 3 amide bonds. The van der Waals surface area contributed by atoms with Crippen LogP contribution in [-0.2, 0) is 19.2 Å². The molecule has 5 atom stereocenters. The third-order valence-electron chi connectivity index (χ3n) is 4.70. The Balaban J connectivity index is 5.26. The number of aliphatic imine (C=N–C) groups is 1.